The summed E-state index contributed by atoms with van der Waals surface area (Å²) in [7, 11) is -13.9. The molecule has 7 aromatic carbocycles. The molecule has 0 aliphatic carbocycles. The molecule has 0 aliphatic heterocycles. The second-order valence-electron chi connectivity index (χ2n) is 11.7. The Labute approximate surface area is 328 Å². The second kappa shape index (κ2) is 17.9. The summed E-state index contributed by atoms with van der Waals surface area (Å²) in [6, 6.07) is 53.1. The number of para-hydroxylation sites is 6. The summed E-state index contributed by atoms with van der Waals surface area (Å²) in [5, 5.41) is 0. The van der Waals surface area contributed by atoms with Crippen molar-refractivity contribution in [1.29, 1.82) is 0 Å². The Morgan fingerprint density at radius 3 is 0.509 bits per heavy atom. The van der Waals surface area contributed by atoms with Crippen LogP contribution in [0.25, 0.3) is 0 Å². The van der Waals surface area contributed by atoms with Crippen molar-refractivity contribution in [2.45, 2.75) is 0 Å². The fourth-order valence-electron chi connectivity index (χ4n) is 4.92. The SMILES string of the molecule is O=P(Oc1ccccc1)(Oc1ccccc1)Oc1cc(OP(=O)(Oc2ccccc2)Oc2ccccc2)cc(OP(=O)(Oc2ccccc2)Oc2ccccc2)c1. The first-order chi connectivity index (χ1) is 27.7. The largest absolute Gasteiger partial charge is 0.647 e. The minimum absolute atomic E-state index is 0.162. The van der Waals surface area contributed by atoms with Crippen LogP contribution in [0.3, 0.4) is 0 Å². The molecular formula is C42H33O12P3. The Morgan fingerprint density at radius 2 is 0.351 bits per heavy atom. The van der Waals surface area contributed by atoms with Crippen molar-refractivity contribution >= 4 is 23.5 Å². The molecule has 7 rings (SSSR count). The summed E-state index contributed by atoms with van der Waals surface area (Å²) in [5.74, 6) is 0.164. The summed E-state index contributed by atoms with van der Waals surface area (Å²) in [4.78, 5) is 0. The van der Waals surface area contributed by atoms with E-state index in [0.29, 0.717) is 0 Å². The molecule has 0 saturated heterocycles. The van der Waals surface area contributed by atoms with Crippen LogP contribution in [-0.2, 0) is 13.7 Å². The third kappa shape index (κ3) is 11.5. The van der Waals surface area contributed by atoms with Crippen molar-refractivity contribution in [3.8, 4) is 51.7 Å². The molecule has 12 nitrogen and oxygen atoms in total. The van der Waals surface area contributed by atoms with Gasteiger partial charge in [0.2, 0.25) is 0 Å². The van der Waals surface area contributed by atoms with Crippen LogP contribution in [0.4, 0.5) is 0 Å². The molecule has 0 aliphatic rings. The molecule has 0 heterocycles. The standard InChI is InChI=1S/C42H33O12P3/c43-55(46-34-19-7-1-8-20-34,47-35-21-9-2-10-22-35)52-40-31-41(53-56(44,48-36-23-11-3-12-24-36)49-37-25-13-4-14-26-37)33-42(32-40)54-57(45,50-38-27-15-5-16-28-38)51-39-29-17-6-18-30-39/h1-33H. The zero-order valence-electron chi connectivity index (χ0n) is 29.8. The maximum Gasteiger partial charge on any atom is 0.647 e. The van der Waals surface area contributed by atoms with Gasteiger partial charge in [0, 0.05) is 18.2 Å². The van der Waals surface area contributed by atoms with E-state index < -0.39 is 23.5 Å². The van der Waals surface area contributed by atoms with E-state index >= 15 is 0 Å². The normalized spacial score (nSPS) is 11.4. The van der Waals surface area contributed by atoms with Crippen molar-refractivity contribution in [2.24, 2.45) is 0 Å². The number of rotatable bonds is 18. The second-order valence-corrected chi connectivity index (χ2v) is 16.0. The average Bonchev–Trinajstić information content (AvgIpc) is 3.19. The molecule has 0 N–H and O–H groups in total. The zero-order chi connectivity index (χ0) is 39.4. The Hall–Kier alpha value is -6.57. The number of hydrogen-bond acceptors (Lipinski definition) is 12. The summed E-state index contributed by atoms with van der Waals surface area (Å²) < 4.78 is 96.5. The van der Waals surface area contributed by atoms with Crippen LogP contribution in [0.15, 0.2) is 200 Å². The molecule has 0 fully saturated rings. The van der Waals surface area contributed by atoms with Gasteiger partial charge < -0.3 is 40.7 Å². The van der Waals surface area contributed by atoms with E-state index in [2.05, 4.69) is 0 Å². The highest BCUT2D eigenvalue weighted by molar-refractivity contribution is 7.50. The summed E-state index contributed by atoms with van der Waals surface area (Å²) in [5.41, 5.74) is 0. The molecule has 57 heavy (non-hydrogen) atoms. The first-order valence-electron chi connectivity index (χ1n) is 17.2. The van der Waals surface area contributed by atoms with Gasteiger partial charge >= 0.3 is 23.5 Å². The lowest BCUT2D eigenvalue weighted by Crippen LogP contribution is -2.10. The topological polar surface area (TPSA) is 134 Å². The van der Waals surface area contributed by atoms with Gasteiger partial charge in [-0.1, -0.05) is 109 Å². The minimum atomic E-state index is -4.62. The molecule has 0 amide bonds. The lowest BCUT2D eigenvalue weighted by Gasteiger charge is -2.23. The average molecular weight is 823 g/mol. The first kappa shape index (κ1) is 38.7. The molecule has 15 heteroatoms. The van der Waals surface area contributed by atoms with Crippen molar-refractivity contribution in [1.82, 2.24) is 0 Å². The molecule has 0 aromatic heterocycles. The quantitative estimate of drug-likeness (QED) is 0.0762. The fourth-order valence-corrected chi connectivity index (χ4v) is 8.63. The van der Waals surface area contributed by atoms with E-state index in [-0.39, 0.29) is 51.7 Å². The van der Waals surface area contributed by atoms with E-state index in [1.807, 2.05) is 0 Å². The molecule has 0 radical (unpaired) electrons. The molecule has 0 spiro atoms. The zero-order valence-corrected chi connectivity index (χ0v) is 32.5. The number of hydrogen-bond donors (Lipinski definition) is 0. The van der Waals surface area contributed by atoms with E-state index in [4.69, 9.17) is 40.7 Å². The van der Waals surface area contributed by atoms with Crippen LogP contribution in [0.5, 0.6) is 51.7 Å². The van der Waals surface area contributed by atoms with Crippen molar-refractivity contribution in [3.05, 3.63) is 200 Å². The van der Waals surface area contributed by atoms with Crippen LogP contribution in [0, 0.1) is 0 Å². The molecule has 288 valence electrons. The van der Waals surface area contributed by atoms with Crippen LogP contribution < -0.4 is 40.7 Å². The smallest absolute Gasteiger partial charge is 0.386 e. The van der Waals surface area contributed by atoms with E-state index in [1.54, 1.807) is 182 Å². The van der Waals surface area contributed by atoms with Crippen LogP contribution >= 0.6 is 23.5 Å². The third-order valence-corrected chi connectivity index (χ3v) is 11.2. The van der Waals surface area contributed by atoms with E-state index in [0.717, 1.165) is 0 Å². The number of phosphoric ester groups is 3. The van der Waals surface area contributed by atoms with Crippen molar-refractivity contribution in [2.75, 3.05) is 0 Å². The van der Waals surface area contributed by atoms with Crippen molar-refractivity contribution in [3.63, 3.8) is 0 Å². The van der Waals surface area contributed by atoms with Gasteiger partial charge in [0.05, 0.1) is 0 Å². The lowest BCUT2D eigenvalue weighted by molar-refractivity contribution is 0.291. The maximum atomic E-state index is 14.5. The Morgan fingerprint density at radius 1 is 0.211 bits per heavy atom. The predicted octanol–water partition coefficient (Wildman–Crippen LogP) is 12.6. The Kier molecular flexibility index (Phi) is 12.2. The highest BCUT2D eigenvalue weighted by atomic mass is 31.2. The van der Waals surface area contributed by atoms with Crippen LogP contribution in [-0.4, -0.2) is 0 Å². The van der Waals surface area contributed by atoms with E-state index in [1.165, 1.54) is 18.2 Å². The fraction of sp³-hybridized carbons (Fsp3) is 0. The molecule has 7 aromatic rings. The molecule has 0 atom stereocenters. The summed E-state index contributed by atoms with van der Waals surface area (Å²) in [6.07, 6.45) is 0. The first-order valence-corrected chi connectivity index (χ1v) is 21.6. The van der Waals surface area contributed by atoms with E-state index in [9.17, 15) is 13.7 Å². The van der Waals surface area contributed by atoms with Crippen LogP contribution in [0.2, 0.25) is 0 Å². The van der Waals surface area contributed by atoms with Gasteiger partial charge in [-0.3, -0.25) is 0 Å². The maximum absolute atomic E-state index is 14.5. The van der Waals surface area contributed by atoms with Gasteiger partial charge in [-0.15, -0.1) is 0 Å². The van der Waals surface area contributed by atoms with Gasteiger partial charge in [0.1, 0.15) is 51.7 Å². The highest BCUT2D eigenvalue weighted by Crippen LogP contribution is 2.56. The Balaban J connectivity index is 1.30. The minimum Gasteiger partial charge on any atom is -0.386 e. The van der Waals surface area contributed by atoms with Crippen LogP contribution in [0.1, 0.15) is 0 Å². The van der Waals surface area contributed by atoms with Gasteiger partial charge in [-0.2, -0.15) is 13.7 Å². The third-order valence-electron chi connectivity index (χ3n) is 7.27. The lowest BCUT2D eigenvalue weighted by atomic mass is 10.3. The molecule has 0 saturated carbocycles. The molecular weight excluding hydrogens is 789 g/mol. The van der Waals surface area contributed by atoms with Gasteiger partial charge in [-0.25, -0.2) is 0 Å². The summed E-state index contributed by atoms with van der Waals surface area (Å²) in [6.45, 7) is 0. The monoisotopic (exact) mass is 822 g/mol. The van der Waals surface area contributed by atoms with Gasteiger partial charge in [0.15, 0.2) is 0 Å². The predicted molar refractivity (Wildman–Crippen MR) is 214 cm³/mol. The van der Waals surface area contributed by atoms with Gasteiger partial charge in [-0.05, 0) is 72.8 Å². The number of benzene rings is 7. The number of phosphoric acid groups is 3. The highest BCUT2D eigenvalue weighted by Gasteiger charge is 2.38. The van der Waals surface area contributed by atoms with Crippen molar-refractivity contribution < 1.29 is 54.4 Å². The molecule has 0 unspecified atom stereocenters. The van der Waals surface area contributed by atoms with Gasteiger partial charge in [0.25, 0.3) is 0 Å². The molecule has 0 bridgehead atoms. The summed E-state index contributed by atoms with van der Waals surface area (Å²) >= 11 is 0. The Bertz CT molecular complexity index is 2050.